The predicted octanol–water partition coefficient (Wildman–Crippen LogP) is 7.01. The minimum atomic E-state index is -4.04. The monoisotopic (exact) mass is 936 g/mol. The Kier molecular flexibility index (Phi) is 16.6. The highest BCUT2D eigenvalue weighted by Gasteiger charge is 2.43. The lowest BCUT2D eigenvalue weighted by atomic mass is 10.1. The van der Waals surface area contributed by atoms with Gasteiger partial charge in [-0.3, -0.25) is 9.59 Å². The molecule has 322 valence electrons. The van der Waals surface area contributed by atoms with E-state index in [1.165, 1.54) is 90.8 Å². The van der Waals surface area contributed by atoms with E-state index in [4.69, 9.17) is 45.7 Å². The second kappa shape index (κ2) is 20.1. The van der Waals surface area contributed by atoms with Crippen LogP contribution in [0.15, 0.2) is 75.6 Å². The fraction of sp³-hybridized carbons (Fsp3) is 0.429. The van der Waals surface area contributed by atoms with Crippen molar-refractivity contribution in [1.82, 2.24) is 0 Å². The fourth-order valence-electron chi connectivity index (χ4n) is 4.59. The van der Waals surface area contributed by atoms with Crippen LogP contribution in [0.3, 0.4) is 0 Å². The lowest BCUT2D eigenvalue weighted by Crippen LogP contribution is -2.11. The first-order valence-corrected chi connectivity index (χ1v) is 26.5. The molecular weight excluding hydrogens is 894 g/mol. The molecular formula is C28H42N6O18P6. The van der Waals surface area contributed by atoms with Crippen molar-refractivity contribution in [3.05, 3.63) is 59.7 Å². The standard InChI is InChI=1S/C28H42N6O18P6/c1-21(39)47-15-16-48-53(17-35)29-55(19-37,33-57(31-53,43-3)44-4)51-27(41)23-7-9-24(10-8-23)28(42)52-56(20-38)30-54(18-36,32-58(34-56,45-5)46-6)50-26-13-11-25(12-14-26)49-22(2)40/h7-14,35-38H,15-20H2,1-6H3. The molecule has 2 aromatic rings. The number of esters is 2. The average molecular weight is 937 g/mol. The number of hydrogen-bond acceptors (Lipinski definition) is 24. The number of nitrogens with zero attached hydrogens (tertiary/aromatic N) is 6. The number of ether oxygens (including phenoxy) is 2. The van der Waals surface area contributed by atoms with Crippen LogP contribution in [-0.2, 0) is 46.0 Å². The van der Waals surface area contributed by atoms with Gasteiger partial charge in [0, 0.05) is 42.3 Å². The zero-order valence-electron chi connectivity index (χ0n) is 31.7. The molecule has 0 aliphatic carbocycles. The number of aliphatic hydroxyl groups excluding tert-OH is 4. The highest BCUT2D eigenvalue weighted by atomic mass is 31.3. The molecule has 30 heteroatoms. The summed E-state index contributed by atoms with van der Waals surface area (Å²) in [4.78, 5) is 49.7. The molecule has 0 amide bonds. The van der Waals surface area contributed by atoms with Crippen LogP contribution in [0.1, 0.15) is 34.6 Å². The number of rotatable bonds is 19. The summed E-state index contributed by atoms with van der Waals surface area (Å²) in [6, 6.07) is 10.4. The predicted molar refractivity (Wildman–Crippen MR) is 211 cm³/mol. The van der Waals surface area contributed by atoms with Crippen LogP contribution in [0.5, 0.6) is 11.5 Å². The van der Waals surface area contributed by atoms with E-state index in [2.05, 4.69) is 27.1 Å². The van der Waals surface area contributed by atoms with E-state index in [9.17, 15) is 39.6 Å². The molecule has 2 heterocycles. The summed E-state index contributed by atoms with van der Waals surface area (Å²) in [7, 11) is -18.1. The Balaban J connectivity index is 1.65. The number of aliphatic hydroxyl groups is 4. The summed E-state index contributed by atoms with van der Waals surface area (Å²) < 4.78 is 81.0. The fourth-order valence-corrected chi connectivity index (χ4v) is 24.1. The molecule has 0 saturated heterocycles. The first-order valence-electron chi connectivity index (χ1n) is 16.3. The summed E-state index contributed by atoms with van der Waals surface area (Å²) in [6.45, 7) is 1.92. The van der Waals surface area contributed by atoms with Crippen LogP contribution in [0.4, 0.5) is 0 Å². The van der Waals surface area contributed by atoms with Gasteiger partial charge in [0.1, 0.15) is 43.5 Å². The molecule has 2 aliphatic rings. The van der Waals surface area contributed by atoms with Gasteiger partial charge in [-0.15, -0.1) is 0 Å². The van der Waals surface area contributed by atoms with Gasteiger partial charge in [-0.25, -0.2) is 9.59 Å². The van der Waals surface area contributed by atoms with Crippen molar-refractivity contribution in [1.29, 1.82) is 0 Å². The number of hydrogen-bond donors (Lipinski definition) is 4. The molecule has 0 spiro atoms. The normalized spacial score (nSPS) is 25.4. The minimum absolute atomic E-state index is 0.115. The molecule has 0 aromatic heterocycles. The van der Waals surface area contributed by atoms with Crippen LogP contribution in [0.25, 0.3) is 0 Å². The summed E-state index contributed by atoms with van der Waals surface area (Å²) in [6.07, 6.45) is -3.59. The third kappa shape index (κ3) is 11.5. The van der Waals surface area contributed by atoms with Gasteiger partial charge in [-0.05, 0) is 48.5 Å². The largest absolute Gasteiger partial charge is 0.463 e. The van der Waals surface area contributed by atoms with Crippen molar-refractivity contribution in [2.45, 2.75) is 13.8 Å². The number of carbonyl (C=O) groups is 4. The number of carbonyl (C=O) groups excluding carboxylic acids is 4. The van der Waals surface area contributed by atoms with Gasteiger partial charge in [0.2, 0.25) is 7.43 Å². The molecule has 2 aliphatic heterocycles. The van der Waals surface area contributed by atoms with Gasteiger partial charge < -0.3 is 66.1 Å². The maximum absolute atomic E-state index is 13.6. The molecule has 0 bridgehead atoms. The van der Waals surface area contributed by atoms with E-state index >= 15 is 0 Å². The highest BCUT2D eigenvalue weighted by molar-refractivity contribution is 7.82. The highest BCUT2D eigenvalue weighted by Crippen LogP contribution is 2.80. The summed E-state index contributed by atoms with van der Waals surface area (Å²) in [5.41, 5.74) is -0.307. The lowest BCUT2D eigenvalue weighted by molar-refractivity contribution is -0.141. The molecule has 4 atom stereocenters. The van der Waals surface area contributed by atoms with Gasteiger partial charge >= 0.3 is 39.2 Å². The van der Waals surface area contributed by atoms with Crippen molar-refractivity contribution in [2.24, 2.45) is 27.1 Å². The second-order valence-corrected chi connectivity index (χ2v) is 26.1. The van der Waals surface area contributed by atoms with Crippen LogP contribution in [0, 0.1) is 0 Å². The Morgan fingerprint density at radius 2 is 0.931 bits per heavy atom. The Bertz CT molecular complexity index is 2220. The van der Waals surface area contributed by atoms with Crippen LogP contribution in [0.2, 0.25) is 0 Å². The van der Waals surface area contributed by atoms with Gasteiger partial charge in [0.05, 0.1) is 17.7 Å². The van der Waals surface area contributed by atoms with Crippen molar-refractivity contribution < 1.29 is 85.3 Å². The van der Waals surface area contributed by atoms with E-state index < -0.39 is 94.3 Å². The third-order valence-corrected chi connectivity index (χ3v) is 25.1. The lowest BCUT2D eigenvalue weighted by Gasteiger charge is -2.32. The van der Waals surface area contributed by atoms with Gasteiger partial charge in [-0.1, -0.05) is 0 Å². The van der Waals surface area contributed by atoms with Crippen molar-refractivity contribution in [2.75, 3.05) is 67.0 Å². The smallest absolute Gasteiger partial charge is 0.346 e. The van der Waals surface area contributed by atoms with Crippen molar-refractivity contribution >= 4 is 68.9 Å². The van der Waals surface area contributed by atoms with E-state index in [1.54, 1.807) is 0 Å². The second-order valence-electron chi connectivity index (χ2n) is 11.1. The molecule has 58 heavy (non-hydrogen) atoms. The Morgan fingerprint density at radius 3 is 1.33 bits per heavy atom. The Labute approximate surface area is 332 Å². The molecule has 24 nitrogen and oxygen atoms in total. The molecule has 0 radical (unpaired) electrons. The third-order valence-electron chi connectivity index (χ3n) is 7.10. The Hall–Kier alpha value is -2.86. The van der Waals surface area contributed by atoms with E-state index in [0.717, 1.165) is 0 Å². The summed E-state index contributed by atoms with van der Waals surface area (Å²) in [5.74, 6) is -2.95. The SMILES string of the molecule is COP1(OC)=NP(CO)(OC(=O)c2ccc(C(=O)OP3(CO)=NP(CO)(Oc4ccc(OC(C)=O)cc4)=NP(OC)(OC)=N3)cc2)=NP(CO)(OCCOC(C)=O)=N1. The van der Waals surface area contributed by atoms with Crippen LogP contribution in [-0.4, -0.2) is 111 Å². The first kappa shape index (κ1) is 47.8. The maximum Gasteiger partial charge on any atom is 0.346 e. The maximum atomic E-state index is 13.6. The first-order chi connectivity index (χ1) is 27.5. The Morgan fingerprint density at radius 1 is 0.517 bits per heavy atom. The molecule has 4 unspecified atom stereocenters. The zero-order valence-corrected chi connectivity index (χ0v) is 37.1. The minimum Gasteiger partial charge on any atom is -0.463 e. The summed E-state index contributed by atoms with van der Waals surface area (Å²) >= 11 is 0. The van der Waals surface area contributed by atoms with Gasteiger partial charge in [0.25, 0.3) is 22.3 Å². The van der Waals surface area contributed by atoms with Crippen molar-refractivity contribution in [3.8, 4) is 11.5 Å². The average Bonchev–Trinajstić information content (AvgIpc) is 3.22. The summed E-state index contributed by atoms with van der Waals surface area (Å²) in [5, 5.41) is 42.1. The van der Waals surface area contributed by atoms with Gasteiger partial charge in [-0.2, -0.15) is 27.1 Å². The number of benzene rings is 2. The van der Waals surface area contributed by atoms with E-state index in [1.807, 2.05) is 0 Å². The van der Waals surface area contributed by atoms with E-state index in [0.29, 0.717) is 0 Å². The zero-order chi connectivity index (χ0) is 42.8. The quantitative estimate of drug-likeness (QED) is 0.0476. The molecule has 4 N–H and O–H groups in total. The van der Waals surface area contributed by atoms with E-state index in [-0.39, 0.29) is 35.8 Å². The van der Waals surface area contributed by atoms with Crippen LogP contribution >= 0.6 is 45.0 Å². The molecule has 0 saturated carbocycles. The molecule has 0 fully saturated rings. The topological polar surface area (TPSA) is 316 Å². The molecule has 4 rings (SSSR count). The van der Waals surface area contributed by atoms with Gasteiger partial charge in [0.15, 0.2) is 0 Å². The van der Waals surface area contributed by atoms with Crippen LogP contribution < -0.4 is 9.26 Å². The van der Waals surface area contributed by atoms with Crippen molar-refractivity contribution in [3.63, 3.8) is 0 Å². The molecule has 2 aromatic carbocycles.